The van der Waals surface area contributed by atoms with Gasteiger partial charge in [0, 0.05) is 5.69 Å². The summed E-state index contributed by atoms with van der Waals surface area (Å²) < 4.78 is 17.8. The molecule has 0 spiro atoms. The van der Waals surface area contributed by atoms with Crippen LogP contribution in [0.4, 0.5) is 10.1 Å². The molecule has 0 heterocycles. The molecule has 0 saturated heterocycles. The minimum atomic E-state index is -0.583. The molecule has 0 radical (unpaired) electrons. The first kappa shape index (κ1) is 13.7. The number of amides is 1. The molecule has 2 aromatic carbocycles. The van der Waals surface area contributed by atoms with Crippen LogP contribution >= 0.6 is 0 Å². The smallest absolute Gasteiger partial charge is 0.338 e. The number of benzene rings is 2. The van der Waals surface area contributed by atoms with Gasteiger partial charge in [0.05, 0.1) is 5.56 Å². The Morgan fingerprint density at radius 2 is 1.80 bits per heavy atom. The SMILES string of the molecule is O=C(COC(=O)c1ccccc1)Nc1cccc(F)c1. The maximum atomic E-state index is 12.9. The molecule has 1 amide bonds. The highest BCUT2D eigenvalue weighted by Crippen LogP contribution is 2.09. The lowest BCUT2D eigenvalue weighted by molar-refractivity contribution is -0.119. The molecule has 1 N–H and O–H groups in total. The van der Waals surface area contributed by atoms with E-state index in [-0.39, 0.29) is 0 Å². The van der Waals surface area contributed by atoms with Crippen LogP contribution < -0.4 is 5.32 Å². The van der Waals surface area contributed by atoms with Crippen molar-refractivity contribution in [3.8, 4) is 0 Å². The minimum absolute atomic E-state index is 0.311. The van der Waals surface area contributed by atoms with Gasteiger partial charge in [0.25, 0.3) is 5.91 Å². The molecule has 0 aromatic heterocycles. The van der Waals surface area contributed by atoms with Gasteiger partial charge in [-0.25, -0.2) is 9.18 Å². The van der Waals surface area contributed by atoms with Crippen LogP contribution in [0.15, 0.2) is 54.6 Å². The van der Waals surface area contributed by atoms with Crippen LogP contribution in [-0.4, -0.2) is 18.5 Å². The number of ether oxygens (including phenoxy) is 1. The Morgan fingerprint density at radius 1 is 1.05 bits per heavy atom. The summed E-state index contributed by atoms with van der Waals surface area (Å²) in [4.78, 5) is 23.1. The molecule has 2 aromatic rings. The van der Waals surface area contributed by atoms with E-state index in [0.717, 1.165) is 0 Å². The van der Waals surface area contributed by atoms with Gasteiger partial charge in [-0.1, -0.05) is 24.3 Å². The van der Waals surface area contributed by atoms with Crippen molar-refractivity contribution in [3.63, 3.8) is 0 Å². The van der Waals surface area contributed by atoms with Crippen molar-refractivity contribution in [2.24, 2.45) is 0 Å². The predicted octanol–water partition coefficient (Wildman–Crippen LogP) is 2.62. The zero-order valence-electron chi connectivity index (χ0n) is 10.5. The third-order valence-electron chi connectivity index (χ3n) is 2.45. The Hall–Kier alpha value is -2.69. The molecule has 0 unspecified atom stereocenters. The number of carbonyl (C=O) groups excluding carboxylic acids is 2. The number of hydrogen-bond acceptors (Lipinski definition) is 3. The van der Waals surface area contributed by atoms with Crippen LogP contribution in [0.2, 0.25) is 0 Å². The van der Waals surface area contributed by atoms with Crippen molar-refractivity contribution in [1.29, 1.82) is 0 Å². The van der Waals surface area contributed by atoms with Gasteiger partial charge in [-0.3, -0.25) is 4.79 Å². The van der Waals surface area contributed by atoms with E-state index in [1.165, 1.54) is 18.2 Å². The van der Waals surface area contributed by atoms with E-state index in [2.05, 4.69) is 5.32 Å². The lowest BCUT2D eigenvalue weighted by atomic mass is 10.2. The van der Waals surface area contributed by atoms with Gasteiger partial charge >= 0.3 is 5.97 Å². The maximum absolute atomic E-state index is 12.9. The van der Waals surface area contributed by atoms with Crippen LogP contribution in [0.3, 0.4) is 0 Å². The lowest BCUT2D eigenvalue weighted by Crippen LogP contribution is -2.20. The van der Waals surface area contributed by atoms with E-state index in [1.807, 2.05) is 0 Å². The zero-order valence-corrected chi connectivity index (χ0v) is 10.5. The summed E-state index contributed by atoms with van der Waals surface area (Å²) in [5.41, 5.74) is 0.678. The number of esters is 1. The Morgan fingerprint density at radius 3 is 2.50 bits per heavy atom. The number of nitrogens with one attached hydrogen (secondary N) is 1. The number of carbonyl (C=O) groups is 2. The van der Waals surface area contributed by atoms with Crippen LogP contribution in [0, 0.1) is 5.82 Å². The van der Waals surface area contributed by atoms with Crippen molar-refractivity contribution in [1.82, 2.24) is 0 Å². The summed E-state index contributed by atoms with van der Waals surface area (Å²) >= 11 is 0. The highest BCUT2D eigenvalue weighted by Gasteiger charge is 2.09. The first-order valence-corrected chi connectivity index (χ1v) is 5.93. The molecule has 0 aliphatic rings. The summed E-state index contributed by atoms with van der Waals surface area (Å²) in [6.07, 6.45) is 0. The second-order valence-corrected chi connectivity index (χ2v) is 4.00. The van der Waals surface area contributed by atoms with Gasteiger partial charge in [0.15, 0.2) is 6.61 Å². The largest absolute Gasteiger partial charge is 0.452 e. The lowest BCUT2D eigenvalue weighted by Gasteiger charge is -2.06. The molecule has 2 rings (SSSR count). The number of anilines is 1. The van der Waals surface area contributed by atoms with Crippen LogP contribution in [0.5, 0.6) is 0 Å². The van der Waals surface area contributed by atoms with Gasteiger partial charge in [-0.15, -0.1) is 0 Å². The minimum Gasteiger partial charge on any atom is -0.452 e. The number of halogens is 1. The van der Waals surface area contributed by atoms with E-state index in [0.29, 0.717) is 11.3 Å². The Bertz CT molecular complexity index is 614. The molecule has 0 bridgehead atoms. The summed E-state index contributed by atoms with van der Waals surface area (Å²) in [6.45, 7) is -0.426. The van der Waals surface area contributed by atoms with E-state index in [9.17, 15) is 14.0 Å². The second-order valence-electron chi connectivity index (χ2n) is 4.00. The molecule has 5 heteroatoms. The summed E-state index contributed by atoms with van der Waals surface area (Å²) in [7, 11) is 0. The monoisotopic (exact) mass is 273 g/mol. The summed E-state index contributed by atoms with van der Waals surface area (Å²) in [5, 5.41) is 2.43. The van der Waals surface area contributed by atoms with Crippen LogP contribution in [0.25, 0.3) is 0 Å². The molecule has 0 aliphatic carbocycles. The highest BCUT2D eigenvalue weighted by molar-refractivity contribution is 5.95. The van der Waals surface area contributed by atoms with Gasteiger partial charge in [-0.05, 0) is 30.3 Å². The zero-order chi connectivity index (χ0) is 14.4. The summed E-state index contributed by atoms with van der Waals surface area (Å²) in [6, 6.07) is 13.8. The van der Waals surface area contributed by atoms with Crippen molar-refractivity contribution in [2.75, 3.05) is 11.9 Å². The van der Waals surface area contributed by atoms with Gasteiger partial charge in [0.2, 0.25) is 0 Å². The molecule has 0 aliphatic heterocycles. The normalized spacial score (nSPS) is 9.85. The first-order valence-electron chi connectivity index (χ1n) is 5.93. The third kappa shape index (κ3) is 3.91. The third-order valence-corrected chi connectivity index (χ3v) is 2.45. The van der Waals surface area contributed by atoms with E-state index in [4.69, 9.17) is 4.74 Å². The molecule has 102 valence electrons. The fraction of sp³-hybridized carbons (Fsp3) is 0.0667. The number of rotatable bonds is 4. The molecule has 0 atom stereocenters. The van der Waals surface area contributed by atoms with Crippen LogP contribution in [0.1, 0.15) is 10.4 Å². The molecule has 4 nitrogen and oxygen atoms in total. The van der Waals surface area contributed by atoms with Crippen molar-refractivity contribution >= 4 is 17.6 Å². The Labute approximate surface area is 115 Å². The topological polar surface area (TPSA) is 55.4 Å². The molecular formula is C15H12FNO3. The molecule has 20 heavy (non-hydrogen) atoms. The van der Waals surface area contributed by atoms with Gasteiger partial charge in [0.1, 0.15) is 5.82 Å². The Balaban J connectivity index is 1.85. The fourth-order valence-electron chi connectivity index (χ4n) is 1.55. The standard InChI is InChI=1S/C15H12FNO3/c16-12-7-4-8-13(9-12)17-14(18)10-20-15(19)11-5-2-1-3-6-11/h1-9H,10H2,(H,17,18). The average molecular weight is 273 g/mol. The maximum Gasteiger partial charge on any atom is 0.338 e. The average Bonchev–Trinajstić information content (AvgIpc) is 2.46. The van der Waals surface area contributed by atoms with E-state index >= 15 is 0 Å². The Kier molecular flexibility index (Phi) is 4.44. The number of hydrogen-bond donors (Lipinski definition) is 1. The quantitative estimate of drug-likeness (QED) is 0.871. The first-order chi connectivity index (χ1) is 9.65. The molecular weight excluding hydrogens is 261 g/mol. The fourth-order valence-corrected chi connectivity index (χ4v) is 1.55. The second kappa shape index (κ2) is 6.47. The predicted molar refractivity (Wildman–Crippen MR) is 71.8 cm³/mol. The van der Waals surface area contributed by atoms with Gasteiger partial charge < -0.3 is 10.1 Å². The van der Waals surface area contributed by atoms with Crippen molar-refractivity contribution < 1.29 is 18.7 Å². The van der Waals surface area contributed by atoms with Crippen molar-refractivity contribution in [3.05, 3.63) is 66.0 Å². The molecule has 0 fully saturated rings. The van der Waals surface area contributed by atoms with Crippen molar-refractivity contribution in [2.45, 2.75) is 0 Å². The summed E-state index contributed by atoms with van der Waals surface area (Å²) in [5.74, 6) is -1.57. The van der Waals surface area contributed by atoms with Gasteiger partial charge in [-0.2, -0.15) is 0 Å². The van der Waals surface area contributed by atoms with Crippen LogP contribution in [-0.2, 0) is 9.53 Å². The van der Waals surface area contributed by atoms with E-state index in [1.54, 1.807) is 36.4 Å². The highest BCUT2D eigenvalue weighted by atomic mass is 19.1. The van der Waals surface area contributed by atoms with E-state index < -0.39 is 24.3 Å². The molecule has 0 saturated carbocycles.